The van der Waals surface area contributed by atoms with E-state index in [9.17, 15) is 26.3 Å². The molecule has 0 unspecified atom stereocenters. The Morgan fingerprint density at radius 3 is 1.21 bits per heavy atom. The van der Waals surface area contributed by atoms with Crippen molar-refractivity contribution in [2.24, 2.45) is 0 Å². The highest BCUT2D eigenvalue weighted by Gasteiger charge is 2.33. The first-order chi connectivity index (χ1) is 26.5. The number of rotatable bonds is 13. The molecule has 0 saturated heterocycles. The first-order valence-corrected chi connectivity index (χ1v) is 18.0. The van der Waals surface area contributed by atoms with E-state index in [1.54, 1.807) is 23.2 Å². The SMILES string of the molecule is CCC(CC)n1nc(-c2nn(C(CC)CC)c3nc(C)c(-c4ccc(OC(F)(F)F)cc4OC)nc23)c2nc(-c3ccc(OC(F)(F)F)cc3OC)c(C)nc21. The Bertz CT molecular complexity index is 2220. The highest BCUT2D eigenvalue weighted by Crippen LogP contribution is 2.41. The molecule has 56 heavy (non-hydrogen) atoms. The second-order valence-corrected chi connectivity index (χ2v) is 13.0. The average Bonchev–Trinajstić information content (AvgIpc) is 3.68. The number of hydrogen-bond acceptors (Lipinski definition) is 10. The lowest BCUT2D eigenvalue weighted by molar-refractivity contribution is -0.275. The Kier molecular flexibility index (Phi) is 11.0. The lowest BCUT2D eigenvalue weighted by Gasteiger charge is -2.15. The maximum Gasteiger partial charge on any atom is 0.573 e. The molecule has 0 radical (unpaired) electrons. The molecule has 0 saturated carbocycles. The van der Waals surface area contributed by atoms with Crippen LogP contribution in [-0.2, 0) is 0 Å². The van der Waals surface area contributed by atoms with Gasteiger partial charge in [-0.1, -0.05) is 27.7 Å². The zero-order chi connectivity index (χ0) is 40.7. The molecule has 2 aromatic carbocycles. The third kappa shape index (κ3) is 7.73. The highest BCUT2D eigenvalue weighted by molar-refractivity contribution is 5.98. The molecule has 6 aromatic rings. The number of aromatic nitrogens is 8. The van der Waals surface area contributed by atoms with Crippen molar-refractivity contribution in [3.8, 4) is 56.9 Å². The number of aryl methyl sites for hydroxylation is 2. The van der Waals surface area contributed by atoms with Gasteiger partial charge >= 0.3 is 12.7 Å². The van der Waals surface area contributed by atoms with E-state index in [0.717, 1.165) is 12.1 Å². The average molecular weight is 787 g/mol. The van der Waals surface area contributed by atoms with Crippen molar-refractivity contribution in [3.05, 3.63) is 47.8 Å². The smallest absolute Gasteiger partial charge is 0.496 e. The van der Waals surface area contributed by atoms with Gasteiger partial charge in [0.15, 0.2) is 11.3 Å². The second kappa shape index (κ2) is 15.5. The predicted octanol–water partition coefficient (Wildman–Crippen LogP) is 10.1. The molecule has 4 heterocycles. The van der Waals surface area contributed by atoms with Gasteiger partial charge in [-0.3, -0.25) is 0 Å². The molecule has 0 aliphatic heterocycles. The Morgan fingerprint density at radius 1 is 0.554 bits per heavy atom. The number of benzene rings is 2. The van der Waals surface area contributed by atoms with Crippen molar-refractivity contribution in [1.29, 1.82) is 0 Å². The lowest BCUT2D eigenvalue weighted by atomic mass is 10.1. The van der Waals surface area contributed by atoms with Crippen molar-refractivity contribution < 1.29 is 45.3 Å². The summed E-state index contributed by atoms with van der Waals surface area (Å²) in [6.07, 6.45) is -6.96. The minimum atomic E-state index is -4.90. The van der Waals surface area contributed by atoms with Crippen LogP contribution in [0.4, 0.5) is 26.3 Å². The Labute approximate surface area is 317 Å². The van der Waals surface area contributed by atoms with E-state index in [1.807, 2.05) is 27.7 Å². The molecule has 18 heteroatoms. The molecule has 12 nitrogen and oxygen atoms in total. The largest absolute Gasteiger partial charge is 0.573 e. The molecule has 0 fully saturated rings. The van der Waals surface area contributed by atoms with E-state index in [-0.39, 0.29) is 23.6 Å². The summed E-state index contributed by atoms with van der Waals surface area (Å²) in [5.74, 6) is -0.775. The Hall–Kier alpha value is -5.68. The molecule has 298 valence electrons. The number of halogens is 6. The molecule has 6 rings (SSSR count). The fourth-order valence-electron chi connectivity index (χ4n) is 6.79. The van der Waals surface area contributed by atoms with Crippen LogP contribution >= 0.6 is 0 Å². The van der Waals surface area contributed by atoms with Crippen LogP contribution in [0.25, 0.3) is 56.2 Å². The zero-order valence-corrected chi connectivity index (χ0v) is 31.9. The first kappa shape index (κ1) is 40.0. The Balaban J connectivity index is 1.64. The molecule has 0 atom stereocenters. The first-order valence-electron chi connectivity index (χ1n) is 18.0. The van der Waals surface area contributed by atoms with Gasteiger partial charge in [0.25, 0.3) is 0 Å². The molecule has 0 amide bonds. The molecule has 0 bridgehead atoms. The summed E-state index contributed by atoms with van der Waals surface area (Å²) in [7, 11) is 2.66. The van der Waals surface area contributed by atoms with Crippen LogP contribution in [0, 0.1) is 13.8 Å². The van der Waals surface area contributed by atoms with E-state index < -0.39 is 24.2 Å². The normalized spacial score (nSPS) is 12.4. The second-order valence-electron chi connectivity index (χ2n) is 13.0. The number of nitrogens with zero attached hydrogens (tertiary/aromatic N) is 8. The Morgan fingerprint density at radius 2 is 0.911 bits per heavy atom. The van der Waals surface area contributed by atoms with Gasteiger partial charge in [0, 0.05) is 23.3 Å². The monoisotopic (exact) mass is 786 g/mol. The van der Waals surface area contributed by atoms with E-state index in [0.29, 0.717) is 93.3 Å². The fourth-order valence-corrected chi connectivity index (χ4v) is 6.79. The summed E-state index contributed by atoms with van der Waals surface area (Å²) in [4.78, 5) is 20.0. The highest BCUT2D eigenvalue weighted by atomic mass is 19.4. The molecule has 0 N–H and O–H groups in total. The minimum absolute atomic E-state index is 0.0764. The zero-order valence-electron chi connectivity index (χ0n) is 31.9. The van der Waals surface area contributed by atoms with E-state index in [1.165, 1.54) is 38.5 Å². The topological polar surface area (TPSA) is 124 Å². The number of hydrogen-bond donors (Lipinski definition) is 0. The van der Waals surface area contributed by atoms with Crippen LogP contribution in [0.15, 0.2) is 36.4 Å². The summed E-state index contributed by atoms with van der Waals surface area (Å²) in [6.45, 7) is 11.6. The third-order valence-electron chi connectivity index (χ3n) is 9.53. The number of alkyl halides is 6. The minimum Gasteiger partial charge on any atom is -0.496 e. The van der Waals surface area contributed by atoms with Gasteiger partial charge < -0.3 is 18.9 Å². The van der Waals surface area contributed by atoms with Gasteiger partial charge in [-0.15, -0.1) is 26.3 Å². The maximum atomic E-state index is 13.1. The third-order valence-corrected chi connectivity index (χ3v) is 9.53. The van der Waals surface area contributed by atoms with E-state index in [4.69, 9.17) is 39.6 Å². The quantitative estimate of drug-likeness (QED) is 0.105. The lowest BCUT2D eigenvalue weighted by Crippen LogP contribution is -2.17. The molecule has 0 spiro atoms. The summed E-state index contributed by atoms with van der Waals surface area (Å²) in [6, 6.07) is 7.27. The van der Waals surface area contributed by atoms with E-state index >= 15 is 0 Å². The predicted molar refractivity (Wildman–Crippen MR) is 196 cm³/mol. The maximum absolute atomic E-state index is 13.1. The van der Waals surface area contributed by atoms with Gasteiger partial charge in [-0.25, -0.2) is 29.3 Å². The summed E-state index contributed by atoms with van der Waals surface area (Å²) < 4.78 is 101. The van der Waals surface area contributed by atoms with E-state index in [2.05, 4.69) is 9.47 Å². The number of fused-ring (bicyclic) bond motifs is 2. The molecular weight excluding hydrogens is 746 g/mol. The molecule has 0 aliphatic carbocycles. The van der Waals surface area contributed by atoms with Crippen LogP contribution in [0.2, 0.25) is 0 Å². The number of methoxy groups -OCH3 is 2. The van der Waals surface area contributed by atoms with Crippen molar-refractivity contribution >= 4 is 22.3 Å². The standard InChI is InChI=1S/C38H40F6N8O4/c1-9-21(10-2)51-35-33(47-29(19(5)45-35)25-15-13-23(17-27(25)53-7)55-37(39,40)41)31(49-51)32-34-36(52(50-32)22(11-3)12-4)46-20(6)30(48-34)26-16-14-24(18-28(26)54-8)56-38(42,43)44/h13-18,21-22H,9-12H2,1-8H3. The van der Waals surface area contributed by atoms with Crippen LogP contribution in [0.1, 0.15) is 76.8 Å². The summed E-state index contributed by atoms with van der Waals surface area (Å²) >= 11 is 0. The molecule has 0 aliphatic rings. The van der Waals surface area contributed by atoms with Crippen LogP contribution in [0.5, 0.6) is 23.0 Å². The van der Waals surface area contributed by atoms with Crippen molar-refractivity contribution in [3.63, 3.8) is 0 Å². The summed E-state index contributed by atoms with van der Waals surface area (Å²) in [5.41, 5.74) is 4.59. The van der Waals surface area contributed by atoms with Gasteiger partial charge in [0.1, 0.15) is 45.4 Å². The van der Waals surface area contributed by atoms with Crippen LogP contribution < -0.4 is 18.9 Å². The van der Waals surface area contributed by atoms with Crippen molar-refractivity contribution in [2.75, 3.05) is 14.2 Å². The number of ether oxygens (including phenoxy) is 4. The van der Waals surface area contributed by atoms with Crippen LogP contribution in [0.3, 0.4) is 0 Å². The van der Waals surface area contributed by atoms with Gasteiger partial charge in [-0.2, -0.15) is 10.2 Å². The van der Waals surface area contributed by atoms with Crippen molar-refractivity contribution in [1.82, 2.24) is 39.5 Å². The molecular formula is C38H40F6N8O4. The summed E-state index contributed by atoms with van der Waals surface area (Å²) in [5, 5.41) is 10.2. The molecule has 4 aromatic heterocycles. The van der Waals surface area contributed by atoms with Gasteiger partial charge in [0.2, 0.25) is 0 Å². The van der Waals surface area contributed by atoms with Gasteiger partial charge in [-0.05, 0) is 63.8 Å². The van der Waals surface area contributed by atoms with Crippen molar-refractivity contribution in [2.45, 2.75) is 92.0 Å². The fraction of sp³-hybridized carbons (Fsp3) is 0.421. The van der Waals surface area contributed by atoms with Crippen LogP contribution in [-0.4, -0.2) is 66.4 Å². The van der Waals surface area contributed by atoms with Gasteiger partial charge in [0.05, 0.1) is 49.1 Å².